The topological polar surface area (TPSA) is 23.3 Å². The first-order chi connectivity index (χ1) is 49.6. The van der Waals surface area contributed by atoms with E-state index in [1.807, 2.05) is 56.7 Å². The first-order valence-corrected chi connectivity index (χ1v) is 33.4. The Morgan fingerprint density at radius 1 is 0.227 bits per heavy atom. The van der Waals surface area contributed by atoms with E-state index in [1.54, 1.807) is 60.3 Å². The zero-order chi connectivity index (χ0) is 78.6. The summed E-state index contributed by atoms with van der Waals surface area (Å²) in [5.74, 6) is 0. The van der Waals surface area contributed by atoms with E-state index in [4.69, 9.17) is 12.3 Å². The Kier molecular flexibility index (Phi) is 21.6. The summed E-state index contributed by atoms with van der Waals surface area (Å²) >= 11 is 0. The van der Waals surface area contributed by atoms with E-state index in [0.29, 0.717) is 11.1 Å². The Morgan fingerprint density at radius 3 is 1.04 bits per heavy atom. The maximum atomic E-state index is 7.58. The van der Waals surface area contributed by atoms with Crippen molar-refractivity contribution >= 4 is 0 Å². The number of pyridine rings is 6. The van der Waals surface area contributed by atoms with Crippen LogP contribution in [0.25, 0.3) is 67.5 Å². The third kappa shape index (κ3) is 19.5. The second-order valence-electron chi connectivity index (χ2n) is 26.4. The van der Waals surface area contributed by atoms with Gasteiger partial charge in [0, 0.05) is 137 Å². The molecule has 0 spiro atoms. The van der Waals surface area contributed by atoms with Crippen molar-refractivity contribution in [2.24, 2.45) is 42.3 Å². The van der Waals surface area contributed by atoms with Crippen LogP contribution in [0.3, 0.4) is 0 Å². The van der Waals surface area contributed by atoms with Crippen LogP contribution in [0, 0.1) is 131 Å². The normalized spacial score (nSPS) is 12.3. The smallest absolute Gasteiger partial charge is 0.201 e. The molecule has 0 bridgehead atoms. The number of aryl methyl sites for hydroxylation is 21. The van der Waals surface area contributed by atoms with Crippen molar-refractivity contribution in [3.63, 3.8) is 0 Å². The molecule has 0 fully saturated rings. The van der Waals surface area contributed by atoms with Gasteiger partial charge in [-0.15, -0.1) is 0 Å². The van der Waals surface area contributed by atoms with Gasteiger partial charge in [-0.1, -0.05) is 108 Å². The predicted molar refractivity (Wildman–Crippen MR) is 408 cm³/mol. The zero-order valence-corrected chi connectivity index (χ0v) is 61.9. The van der Waals surface area contributed by atoms with Crippen LogP contribution >= 0.6 is 0 Å². The van der Waals surface area contributed by atoms with Crippen LogP contribution in [0.1, 0.15) is 118 Å². The van der Waals surface area contributed by atoms with Crippen LogP contribution in [0.4, 0.5) is 0 Å². The van der Waals surface area contributed by atoms with Crippen LogP contribution in [-0.2, 0) is 42.3 Å². The van der Waals surface area contributed by atoms with Gasteiger partial charge in [-0.05, 0) is 215 Å². The number of hydrogen-bond acceptors (Lipinski definition) is 0. The summed E-state index contributed by atoms with van der Waals surface area (Å²) in [6.07, 6.45) is 5.91. The third-order valence-electron chi connectivity index (χ3n) is 18.2. The number of aromatic nitrogens is 6. The quantitative estimate of drug-likeness (QED) is 0.148. The summed E-state index contributed by atoms with van der Waals surface area (Å²) < 4.78 is 80.1. The van der Waals surface area contributed by atoms with Gasteiger partial charge in [0.1, 0.15) is 42.3 Å². The van der Waals surface area contributed by atoms with Gasteiger partial charge in [-0.3, -0.25) is 0 Å². The Balaban J connectivity index is 0.000000178. The van der Waals surface area contributed by atoms with E-state index in [0.717, 1.165) is 39.3 Å². The zero-order valence-electron chi connectivity index (χ0n) is 70.9. The van der Waals surface area contributed by atoms with E-state index in [2.05, 4.69) is 276 Å². The van der Waals surface area contributed by atoms with Gasteiger partial charge in [0.2, 0.25) is 34.2 Å². The molecule has 97 heavy (non-hydrogen) atoms. The predicted octanol–water partition coefficient (Wildman–Crippen LogP) is 18.9. The second kappa shape index (κ2) is 33.7. The minimum atomic E-state index is -2.14. The summed E-state index contributed by atoms with van der Waals surface area (Å²) in [6.45, 7) is 27.5. The van der Waals surface area contributed by atoms with Crippen molar-refractivity contribution in [3.8, 4) is 67.5 Å². The van der Waals surface area contributed by atoms with Crippen molar-refractivity contribution in [3.05, 3.63) is 319 Å². The van der Waals surface area contributed by atoms with Gasteiger partial charge in [0.05, 0.1) is 0 Å². The van der Waals surface area contributed by atoms with E-state index in [9.17, 15) is 0 Å². The van der Waals surface area contributed by atoms with E-state index in [-0.39, 0.29) is 5.56 Å². The standard InChI is InChI=1S/C16H20N.5C15H18N/c1-11-8-6-7-9-15(11)16-14(4)12(2)10-13(3)17(16)5;2*1-11-5-7-14(13(3)9-11)15-8-6-12(2)10-16(15)4;1-11-5-7-13(3)14(9-11)15-8-6-12(2)10-16(15)4;2*1-11-9-13(3)16(4)15(10-11)14-8-6-5-7-12(14)2/h6-10H,1-5H3;5*5-10H,1-4H3/q6*+1/i;1D3,2D3;;;1D3;. The summed E-state index contributed by atoms with van der Waals surface area (Å²) in [7, 11) is 12.2. The number of hydrogen-bond donors (Lipinski definition) is 0. The molecule has 12 aromatic rings. The number of rotatable bonds is 6. The molecule has 0 unspecified atom stereocenters. The summed E-state index contributed by atoms with van der Waals surface area (Å²) in [5, 5.41) is 0. The van der Waals surface area contributed by atoms with Crippen LogP contribution < -0.4 is 27.4 Å². The maximum absolute atomic E-state index is 7.58. The summed E-state index contributed by atoms with van der Waals surface area (Å²) in [6, 6.07) is 65.6. The fourth-order valence-corrected chi connectivity index (χ4v) is 12.4. The highest BCUT2D eigenvalue weighted by atomic mass is 15.0. The van der Waals surface area contributed by atoms with Gasteiger partial charge < -0.3 is 0 Å². The lowest BCUT2D eigenvalue weighted by atomic mass is 9.98. The third-order valence-corrected chi connectivity index (χ3v) is 18.2. The van der Waals surface area contributed by atoms with Crippen molar-refractivity contribution in [2.45, 2.75) is 131 Å². The van der Waals surface area contributed by atoms with Gasteiger partial charge in [0.25, 0.3) is 0 Å². The van der Waals surface area contributed by atoms with Crippen LogP contribution in [-0.4, -0.2) is 0 Å². The molecule has 0 saturated heterocycles. The highest BCUT2D eigenvalue weighted by Gasteiger charge is 2.21. The Labute approximate surface area is 596 Å². The van der Waals surface area contributed by atoms with Crippen LogP contribution in [0.15, 0.2) is 213 Å². The van der Waals surface area contributed by atoms with Crippen LogP contribution in [0.5, 0.6) is 0 Å². The van der Waals surface area contributed by atoms with Gasteiger partial charge >= 0.3 is 0 Å². The first kappa shape index (κ1) is 62.1. The van der Waals surface area contributed by atoms with Crippen molar-refractivity contribution in [1.82, 2.24) is 0 Å². The van der Waals surface area contributed by atoms with Gasteiger partial charge in [0.15, 0.2) is 35.7 Å². The second-order valence-corrected chi connectivity index (χ2v) is 26.4. The SMILES string of the molecule is Cc1cc(C)[n+](C)c(-c2ccccc2C)c1.Cc1ccc(-c2ccc(C)c[n+]2C)c(C)c1.Cc1ccc(C)c(-c2ccc(C)c[n+]2C)c1.Cc1ccccc1-c1c(C)c(C)cc(C)[n+]1C.[2H]C([2H])([2H])c1cc(C)[n+](C)c(-c2ccccc2C)c1.[2H]C([2H])([2H])c1ccc(-c2ccc(C([2H])([2H])[2H])c[n+]2C)c(C)c1. The molecule has 0 aliphatic heterocycles. The molecule has 0 atom stereocenters. The Hall–Kier alpha value is -9.78. The van der Waals surface area contributed by atoms with E-state index in [1.165, 1.54) is 118 Å². The lowest BCUT2D eigenvalue weighted by Gasteiger charge is -2.10. The molecule has 12 rings (SSSR count). The van der Waals surface area contributed by atoms with E-state index >= 15 is 0 Å². The number of nitrogens with zero attached hydrogens (tertiary/aromatic N) is 6. The molecule has 6 aromatic heterocycles. The molecule has 498 valence electrons. The molecular formula is C91H110N6+6. The molecule has 0 amide bonds. The van der Waals surface area contributed by atoms with Crippen molar-refractivity contribution < 1.29 is 39.7 Å². The highest BCUT2D eigenvalue weighted by Crippen LogP contribution is 2.28. The largest absolute Gasteiger partial charge is 0.215 e. The van der Waals surface area contributed by atoms with Crippen molar-refractivity contribution in [1.29, 1.82) is 0 Å². The van der Waals surface area contributed by atoms with E-state index < -0.39 is 20.6 Å². The Bertz CT molecular complexity index is 4980. The average Bonchev–Trinajstić information content (AvgIpc) is 0.801. The number of benzene rings is 6. The lowest BCUT2D eigenvalue weighted by Crippen LogP contribution is -2.36. The molecule has 6 heterocycles. The molecule has 6 aromatic carbocycles. The summed E-state index contributed by atoms with van der Waals surface area (Å²) in [4.78, 5) is 0. The summed E-state index contributed by atoms with van der Waals surface area (Å²) in [5.41, 5.74) is 35.2. The maximum Gasteiger partial charge on any atom is 0.215 e. The first-order valence-electron chi connectivity index (χ1n) is 37.9. The molecule has 0 saturated carbocycles. The monoisotopic (exact) mass is 1300 g/mol. The minimum Gasteiger partial charge on any atom is -0.201 e. The molecule has 0 radical (unpaired) electrons. The molecule has 0 N–H and O–H groups in total. The van der Waals surface area contributed by atoms with Crippen LogP contribution in [0.2, 0.25) is 0 Å². The lowest BCUT2D eigenvalue weighted by molar-refractivity contribution is -0.667. The molecule has 0 aliphatic carbocycles. The fourth-order valence-electron chi connectivity index (χ4n) is 12.4. The van der Waals surface area contributed by atoms with Gasteiger partial charge in [-0.25, -0.2) is 13.7 Å². The Morgan fingerprint density at radius 2 is 0.577 bits per heavy atom. The highest BCUT2D eigenvalue weighted by molar-refractivity contribution is 5.67. The molecule has 0 aliphatic rings. The minimum absolute atomic E-state index is 0.274. The van der Waals surface area contributed by atoms with Gasteiger partial charge in [-0.2, -0.15) is 13.7 Å². The average molecular weight is 1300 g/mol. The fraction of sp³-hybridized carbons (Fsp3) is 0.275. The molecule has 6 heteroatoms. The van der Waals surface area contributed by atoms with Crippen molar-refractivity contribution in [2.75, 3.05) is 0 Å². The molecule has 6 nitrogen and oxygen atoms in total. The molecular weight excluding hydrogens is 1180 g/mol.